The van der Waals surface area contributed by atoms with Gasteiger partial charge in [0.15, 0.2) is 0 Å². The van der Waals surface area contributed by atoms with E-state index in [1.165, 1.54) is 35.2 Å². The number of benzene rings is 3. The van der Waals surface area contributed by atoms with Crippen LogP contribution in [0.1, 0.15) is 98.5 Å². The molecule has 2 aliphatic carbocycles. The van der Waals surface area contributed by atoms with Crippen LogP contribution in [0.4, 0.5) is 4.79 Å². The molecular weight excluding hydrogens is 688 g/mol. The van der Waals surface area contributed by atoms with Gasteiger partial charge < -0.3 is 19.3 Å². The highest BCUT2D eigenvalue weighted by molar-refractivity contribution is 5.89. The first-order valence-electron chi connectivity index (χ1n) is 18.7. The Hall–Kier alpha value is -4.94. The summed E-state index contributed by atoms with van der Waals surface area (Å²) in [5.41, 5.74) is 6.57. The van der Waals surface area contributed by atoms with Gasteiger partial charge in [-0.1, -0.05) is 55.0 Å². The fourth-order valence-electron chi connectivity index (χ4n) is 7.09. The number of hydrazine groups is 1. The molecule has 0 saturated heterocycles. The average molecular weight is 743 g/mol. The molecule has 0 heterocycles. The highest BCUT2D eigenvalue weighted by Crippen LogP contribution is 2.37. The number of hydrogen-bond donors (Lipinski definition) is 3. The summed E-state index contributed by atoms with van der Waals surface area (Å²) < 4.78 is 16.2. The Morgan fingerprint density at radius 2 is 1.59 bits per heavy atom. The van der Waals surface area contributed by atoms with Gasteiger partial charge in [-0.25, -0.2) is 14.6 Å². The molecule has 3 aromatic carbocycles. The van der Waals surface area contributed by atoms with Crippen molar-refractivity contribution in [1.29, 1.82) is 0 Å². The second kappa shape index (κ2) is 17.9. The van der Waals surface area contributed by atoms with E-state index in [9.17, 15) is 24.3 Å². The van der Waals surface area contributed by atoms with Crippen LogP contribution in [0.2, 0.25) is 0 Å². The summed E-state index contributed by atoms with van der Waals surface area (Å²) >= 11 is 0. The number of carbonyl (C=O) groups excluding carboxylic acids is 4. The van der Waals surface area contributed by atoms with E-state index < -0.39 is 41.8 Å². The maximum atomic E-state index is 14.4. The molecule has 2 aliphatic rings. The predicted octanol–water partition coefficient (Wildman–Crippen LogP) is 6.07. The fraction of sp³-hybridized carbons (Fsp3) is 0.476. The van der Waals surface area contributed by atoms with Crippen LogP contribution in [0.5, 0.6) is 5.75 Å². The number of aliphatic hydroxyl groups is 1. The van der Waals surface area contributed by atoms with Gasteiger partial charge in [0.1, 0.15) is 30.2 Å². The number of methoxy groups -OCH3 is 1. The van der Waals surface area contributed by atoms with Crippen LogP contribution in [-0.2, 0) is 38.6 Å². The first-order valence-corrected chi connectivity index (χ1v) is 18.7. The minimum Gasteiger partial charge on any atom is -0.489 e. The molecule has 12 nitrogen and oxygen atoms in total. The Balaban J connectivity index is 1.30. The molecule has 5 unspecified atom stereocenters. The number of aliphatic hydroxyl groups excluding tert-OH is 1. The van der Waals surface area contributed by atoms with Crippen molar-refractivity contribution in [2.45, 2.75) is 103 Å². The van der Waals surface area contributed by atoms with E-state index in [4.69, 9.17) is 14.2 Å². The number of fused-ring (bicyclic) bond motifs is 1. The van der Waals surface area contributed by atoms with E-state index in [1.807, 2.05) is 24.3 Å². The lowest BCUT2D eigenvalue weighted by Crippen LogP contribution is -2.55. The van der Waals surface area contributed by atoms with Crippen LogP contribution in [0.3, 0.4) is 0 Å². The maximum Gasteiger partial charge on any atom is 0.410 e. The van der Waals surface area contributed by atoms with Crippen molar-refractivity contribution >= 4 is 23.9 Å². The number of esters is 1. The second-order valence-electron chi connectivity index (χ2n) is 15.2. The molecule has 1 fully saturated rings. The van der Waals surface area contributed by atoms with Crippen molar-refractivity contribution in [3.05, 3.63) is 101 Å². The zero-order valence-electron chi connectivity index (χ0n) is 32.2. The van der Waals surface area contributed by atoms with Crippen molar-refractivity contribution < 1.29 is 38.5 Å². The molecule has 3 amide bonds. The molecule has 0 aliphatic heterocycles. The zero-order valence-corrected chi connectivity index (χ0v) is 32.2. The SMILES string of the molecule is COC(=O)c1ccc(COc2ccc(CN(NC(=O)C(C)N(C)C(=O)OC(C)(C)C)C(=O)C3CCCC3C(O)NC3CCCc4ccccc43)cc2)cc1. The number of amides is 3. The number of carbonyl (C=O) groups is 4. The minimum absolute atomic E-state index is 0.0127. The lowest BCUT2D eigenvalue weighted by atomic mass is 9.86. The number of likely N-dealkylation sites (N-methyl/N-ethyl adjacent to an activating group) is 1. The molecule has 1 saturated carbocycles. The smallest absolute Gasteiger partial charge is 0.410 e. The molecule has 0 aromatic heterocycles. The topological polar surface area (TPSA) is 147 Å². The summed E-state index contributed by atoms with van der Waals surface area (Å²) in [6.07, 6.45) is 3.33. The molecular formula is C42H54N4O8. The van der Waals surface area contributed by atoms with Crippen LogP contribution < -0.4 is 15.5 Å². The Morgan fingerprint density at radius 1 is 0.907 bits per heavy atom. The summed E-state index contributed by atoms with van der Waals surface area (Å²) in [6.45, 7) is 7.14. The first kappa shape index (κ1) is 40.2. The van der Waals surface area contributed by atoms with Gasteiger partial charge in [-0.05, 0) is 106 Å². The summed E-state index contributed by atoms with van der Waals surface area (Å²) in [5.74, 6) is -1.57. The third-order valence-corrected chi connectivity index (χ3v) is 10.2. The number of nitrogens with one attached hydrogen (secondary N) is 2. The highest BCUT2D eigenvalue weighted by atomic mass is 16.6. The van der Waals surface area contributed by atoms with Crippen LogP contribution in [0, 0.1) is 11.8 Å². The number of hydrogen-bond acceptors (Lipinski definition) is 9. The third-order valence-electron chi connectivity index (χ3n) is 10.2. The largest absolute Gasteiger partial charge is 0.489 e. The van der Waals surface area contributed by atoms with Crippen molar-refractivity contribution in [2.24, 2.45) is 11.8 Å². The summed E-state index contributed by atoms with van der Waals surface area (Å²) in [7, 11) is 2.82. The molecule has 3 N–H and O–H groups in total. The van der Waals surface area contributed by atoms with Crippen LogP contribution >= 0.6 is 0 Å². The van der Waals surface area contributed by atoms with Gasteiger partial charge >= 0.3 is 12.1 Å². The average Bonchev–Trinajstić information content (AvgIpc) is 3.66. The van der Waals surface area contributed by atoms with E-state index >= 15 is 0 Å². The van der Waals surface area contributed by atoms with Gasteiger partial charge in [0, 0.05) is 24.9 Å². The van der Waals surface area contributed by atoms with E-state index in [0.29, 0.717) is 24.2 Å². The van der Waals surface area contributed by atoms with E-state index in [0.717, 1.165) is 36.8 Å². The monoisotopic (exact) mass is 742 g/mol. The normalized spacial score (nSPS) is 19.1. The van der Waals surface area contributed by atoms with E-state index in [2.05, 4.69) is 22.9 Å². The molecule has 3 aromatic rings. The quantitative estimate of drug-likeness (QED) is 0.114. The van der Waals surface area contributed by atoms with Crippen molar-refractivity contribution in [3.63, 3.8) is 0 Å². The van der Waals surface area contributed by atoms with Crippen LogP contribution in [-0.4, -0.2) is 70.9 Å². The molecule has 5 atom stereocenters. The van der Waals surface area contributed by atoms with Gasteiger partial charge in [-0.3, -0.25) is 25.2 Å². The number of nitrogens with zero attached hydrogens (tertiary/aromatic N) is 2. The zero-order chi connectivity index (χ0) is 39.0. The number of ether oxygens (including phenoxy) is 3. The molecule has 0 bridgehead atoms. The molecule has 5 rings (SSSR count). The molecule has 12 heteroatoms. The Bertz CT molecular complexity index is 1760. The standard InChI is InChI=1S/C42H54N4O8/c1-27(45(5)41(51)54-42(2,3)4)37(47)44-46(25-28-19-23-32(24-20-28)53-26-29-17-21-31(22-18-29)40(50)52-6)39(49)35-15-10-14-34(35)38(48)43-36-16-9-12-30-11-7-8-13-33(30)36/h7-8,11,13,17-24,27,34-36,38,43,48H,9-10,12,14-16,25-26H2,1-6H3,(H,44,47). The highest BCUT2D eigenvalue weighted by Gasteiger charge is 2.41. The van der Waals surface area contributed by atoms with E-state index in [-0.39, 0.29) is 31.0 Å². The van der Waals surface area contributed by atoms with Crippen molar-refractivity contribution in [3.8, 4) is 5.75 Å². The maximum absolute atomic E-state index is 14.4. The van der Waals surface area contributed by atoms with Crippen LogP contribution in [0.25, 0.3) is 0 Å². The van der Waals surface area contributed by atoms with Gasteiger partial charge in [-0.2, -0.15) is 0 Å². The lowest BCUT2D eigenvalue weighted by molar-refractivity contribution is -0.149. The van der Waals surface area contributed by atoms with Gasteiger partial charge in [0.05, 0.1) is 19.2 Å². The number of aryl methyl sites for hydroxylation is 1. The number of rotatable bonds is 12. The Kier molecular flexibility index (Phi) is 13.4. The molecule has 54 heavy (non-hydrogen) atoms. The Morgan fingerprint density at radius 3 is 2.28 bits per heavy atom. The van der Waals surface area contributed by atoms with Crippen molar-refractivity contribution in [2.75, 3.05) is 14.2 Å². The molecule has 290 valence electrons. The third kappa shape index (κ3) is 10.4. The van der Waals surface area contributed by atoms with E-state index in [1.54, 1.807) is 64.1 Å². The fourth-order valence-corrected chi connectivity index (χ4v) is 7.09. The van der Waals surface area contributed by atoms with Gasteiger partial charge in [-0.15, -0.1) is 0 Å². The first-order chi connectivity index (χ1) is 25.7. The second-order valence-corrected chi connectivity index (χ2v) is 15.2. The summed E-state index contributed by atoms with van der Waals surface area (Å²) in [5, 5.41) is 16.3. The lowest BCUT2D eigenvalue weighted by Gasteiger charge is -2.35. The van der Waals surface area contributed by atoms with Crippen LogP contribution in [0.15, 0.2) is 72.8 Å². The molecule has 0 spiro atoms. The van der Waals surface area contributed by atoms with Gasteiger partial charge in [0.2, 0.25) is 5.91 Å². The molecule has 0 radical (unpaired) electrons. The summed E-state index contributed by atoms with van der Waals surface area (Å²) in [6, 6.07) is 21.5. The summed E-state index contributed by atoms with van der Waals surface area (Å²) in [4.78, 5) is 53.8. The minimum atomic E-state index is -0.953. The van der Waals surface area contributed by atoms with Gasteiger partial charge in [0.25, 0.3) is 5.91 Å². The predicted molar refractivity (Wildman–Crippen MR) is 203 cm³/mol. The van der Waals surface area contributed by atoms with Crippen molar-refractivity contribution in [1.82, 2.24) is 20.7 Å². The Labute approximate surface area is 318 Å².